The summed E-state index contributed by atoms with van der Waals surface area (Å²) in [5.41, 5.74) is 3.42. The molecule has 0 aromatic heterocycles. The van der Waals surface area contributed by atoms with E-state index in [2.05, 4.69) is 0 Å². The number of carbonyl (C=O) groups is 1. The van der Waals surface area contributed by atoms with Crippen molar-refractivity contribution in [3.05, 3.63) is 35.4 Å². The van der Waals surface area contributed by atoms with E-state index in [4.69, 9.17) is 9.94 Å². The summed E-state index contributed by atoms with van der Waals surface area (Å²) < 4.78 is 5.40. The molecule has 86 valence electrons. The van der Waals surface area contributed by atoms with E-state index in [1.807, 2.05) is 32.0 Å². The fourth-order valence-electron chi connectivity index (χ4n) is 1.30. The normalized spacial score (nSPS) is 10.4. The summed E-state index contributed by atoms with van der Waals surface area (Å²) in [6.07, 6.45) is 2.88. The minimum Gasteiger partial charge on any atom is -0.494 e. The SMILES string of the molecule is CCOc1ccc(C=CC(=O)NO)cc1C. The molecule has 1 amide bonds. The zero-order valence-corrected chi connectivity index (χ0v) is 9.36. The zero-order chi connectivity index (χ0) is 12.0. The lowest BCUT2D eigenvalue weighted by molar-refractivity contribution is -0.124. The monoisotopic (exact) mass is 221 g/mol. The first-order chi connectivity index (χ1) is 7.67. The average Bonchev–Trinajstić information content (AvgIpc) is 2.29. The van der Waals surface area contributed by atoms with Gasteiger partial charge in [-0.1, -0.05) is 6.07 Å². The number of amides is 1. The molecule has 0 aliphatic carbocycles. The Kier molecular flexibility index (Phi) is 4.54. The van der Waals surface area contributed by atoms with Gasteiger partial charge in [-0.05, 0) is 43.2 Å². The first-order valence-electron chi connectivity index (χ1n) is 5.03. The average molecular weight is 221 g/mol. The molecule has 1 aromatic carbocycles. The Labute approximate surface area is 94.5 Å². The fourth-order valence-corrected chi connectivity index (χ4v) is 1.30. The number of hydroxylamine groups is 1. The lowest BCUT2D eigenvalue weighted by Crippen LogP contribution is -2.14. The van der Waals surface area contributed by atoms with Gasteiger partial charge in [0, 0.05) is 6.08 Å². The van der Waals surface area contributed by atoms with E-state index in [0.29, 0.717) is 6.61 Å². The van der Waals surface area contributed by atoms with Gasteiger partial charge in [0.1, 0.15) is 5.75 Å². The van der Waals surface area contributed by atoms with Gasteiger partial charge in [-0.2, -0.15) is 0 Å². The summed E-state index contributed by atoms with van der Waals surface area (Å²) in [4.78, 5) is 10.8. The number of hydrogen-bond donors (Lipinski definition) is 2. The maximum atomic E-state index is 10.8. The van der Waals surface area contributed by atoms with Crippen LogP contribution in [-0.4, -0.2) is 17.7 Å². The summed E-state index contributed by atoms with van der Waals surface area (Å²) >= 11 is 0. The van der Waals surface area contributed by atoms with E-state index in [1.54, 1.807) is 6.08 Å². The van der Waals surface area contributed by atoms with Crippen LogP contribution in [0.4, 0.5) is 0 Å². The first-order valence-corrected chi connectivity index (χ1v) is 5.03. The third kappa shape index (κ3) is 3.40. The number of hydrogen-bond acceptors (Lipinski definition) is 3. The second-order valence-electron chi connectivity index (χ2n) is 3.27. The minimum atomic E-state index is -0.550. The van der Waals surface area contributed by atoms with Crippen LogP contribution in [0.1, 0.15) is 18.1 Å². The van der Waals surface area contributed by atoms with E-state index < -0.39 is 5.91 Å². The molecule has 4 nitrogen and oxygen atoms in total. The number of ether oxygens (including phenoxy) is 1. The summed E-state index contributed by atoms with van der Waals surface area (Å²) in [5, 5.41) is 8.31. The molecular formula is C12H15NO3. The predicted molar refractivity (Wildman–Crippen MR) is 61.3 cm³/mol. The summed E-state index contributed by atoms with van der Waals surface area (Å²) in [7, 11) is 0. The van der Waals surface area contributed by atoms with E-state index in [1.165, 1.54) is 11.6 Å². The summed E-state index contributed by atoms with van der Waals surface area (Å²) in [6, 6.07) is 5.61. The third-order valence-electron chi connectivity index (χ3n) is 2.04. The lowest BCUT2D eigenvalue weighted by Gasteiger charge is -2.07. The van der Waals surface area contributed by atoms with Gasteiger partial charge in [-0.3, -0.25) is 10.0 Å². The molecule has 0 fully saturated rings. The number of carbonyl (C=O) groups excluding carboxylic acids is 1. The van der Waals surface area contributed by atoms with Crippen LogP contribution in [0.3, 0.4) is 0 Å². The van der Waals surface area contributed by atoms with E-state index in [0.717, 1.165) is 16.9 Å². The molecule has 0 aliphatic heterocycles. The van der Waals surface area contributed by atoms with Crippen molar-refractivity contribution < 1.29 is 14.7 Å². The van der Waals surface area contributed by atoms with E-state index in [9.17, 15) is 4.79 Å². The van der Waals surface area contributed by atoms with Crippen LogP contribution < -0.4 is 10.2 Å². The van der Waals surface area contributed by atoms with Crippen molar-refractivity contribution in [2.24, 2.45) is 0 Å². The Morgan fingerprint density at radius 1 is 1.56 bits per heavy atom. The van der Waals surface area contributed by atoms with E-state index >= 15 is 0 Å². The van der Waals surface area contributed by atoms with Crippen molar-refractivity contribution in [3.63, 3.8) is 0 Å². The molecule has 0 radical (unpaired) electrons. The van der Waals surface area contributed by atoms with Gasteiger partial charge >= 0.3 is 0 Å². The van der Waals surface area contributed by atoms with Crippen LogP contribution in [-0.2, 0) is 4.79 Å². The summed E-state index contributed by atoms with van der Waals surface area (Å²) in [5.74, 6) is 0.290. The molecule has 0 bridgehead atoms. The fraction of sp³-hybridized carbons (Fsp3) is 0.250. The van der Waals surface area contributed by atoms with Crippen LogP contribution in [0, 0.1) is 6.92 Å². The van der Waals surface area contributed by atoms with Gasteiger partial charge in [0.25, 0.3) is 5.91 Å². The van der Waals surface area contributed by atoms with Crippen molar-refractivity contribution in [3.8, 4) is 5.75 Å². The lowest BCUT2D eigenvalue weighted by atomic mass is 10.1. The molecule has 1 rings (SSSR count). The van der Waals surface area contributed by atoms with Crippen LogP contribution in [0.2, 0.25) is 0 Å². The zero-order valence-electron chi connectivity index (χ0n) is 9.36. The van der Waals surface area contributed by atoms with Gasteiger partial charge in [-0.15, -0.1) is 0 Å². The van der Waals surface area contributed by atoms with Gasteiger partial charge in [0.2, 0.25) is 0 Å². The smallest absolute Gasteiger partial charge is 0.267 e. The molecule has 2 N–H and O–H groups in total. The highest BCUT2D eigenvalue weighted by molar-refractivity contribution is 5.90. The molecule has 4 heteroatoms. The number of rotatable bonds is 4. The third-order valence-corrected chi connectivity index (χ3v) is 2.04. The molecule has 1 aromatic rings. The molecule has 0 saturated heterocycles. The Hall–Kier alpha value is -1.81. The molecule has 0 saturated carbocycles. The van der Waals surface area contributed by atoms with Crippen molar-refractivity contribution in [1.29, 1.82) is 0 Å². The quantitative estimate of drug-likeness (QED) is 0.464. The van der Waals surface area contributed by atoms with Gasteiger partial charge in [0.15, 0.2) is 0 Å². The molecule has 0 unspecified atom stereocenters. The van der Waals surface area contributed by atoms with E-state index in [-0.39, 0.29) is 0 Å². The number of nitrogens with one attached hydrogen (secondary N) is 1. The van der Waals surface area contributed by atoms with Crippen LogP contribution in [0.5, 0.6) is 5.75 Å². The Bertz CT molecular complexity index is 399. The van der Waals surface area contributed by atoms with Gasteiger partial charge < -0.3 is 4.74 Å². The molecule has 0 aliphatic rings. The van der Waals surface area contributed by atoms with Crippen LogP contribution in [0.25, 0.3) is 6.08 Å². The standard InChI is InChI=1S/C12H15NO3/c1-3-16-11-6-4-10(8-9(11)2)5-7-12(14)13-15/h4-8,15H,3H2,1-2H3,(H,13,14). The maximum Gasteiger partial charge on any atom is 0.267 e. The van der Waals surface area contributed by atoms with Crippen LogP contribution in [0.15, 0.2) is 24.3 Å². The molecule has 0 heterocycles. The van der Waals surface area contributed by atoms with Crippen molar-refractivity contribution >= 4 is 12.0 Å². The molecular weight excluding hydrogens is 206 g/mol. The van der Waals surface area contributed by atoms with Gasteiger partial charge in [-0.25, -0.2) is 5.48 Å². The van der Waals surface area contributed by atoms with Gasteiger partial charge in [0.05, 0.1) is 6.61 Å². The van der Waals surface area contributed by atoms with Crippen molar-refractivity contribution in [2.75, 3.05) is 6.61 Å². The predicted octanol–water partition coefficient (Wildman–Crippen LogP) is 1.91. The van der Waals surface area contributed by atoms with Crippen LogP contribution >= 0.6 is 0 Å². The molecule has 0 atom stereocenters. The Morgan fingerprint density at radius 2 is 2.31 bits per heavy atom. The number of aryl methyl sites for hydroxylation is 1. The summed E-state index contributed by atoms with van der Waals surface area (Å²) in [6.45, 7) is 4.50. The highest BCUT2D eigenvalue weighted by atomic mass is 16.5. The molecule has 16 heavy (non-hydrogen) atoms. The molecule has 0 spiro atoms. The highest BCUT2D eigenvalue weighted by Gasteiger charge is 1.99. The Morgan fingerprint density at radius 3 is 2.88 bits per heavy atom. The topological polar surface area (TPSA) is 58.6 Å². The number of benzene rings is 1. The second kappa shape index (κ2) is 5.92. The largest absolute Gasteiger partial charge is 0.494 e. The first kappa shape index (κ1) is 12.3. The highest BCUT2D eigenvalue weighted by Crippen LogP contribution is 2.19. The Balaban J connectivity index is 2.81. The second-order valence-corrected chi connectivity index (χ2v) is 3.27. The van der Waals surface area contributed by atoms with Crippen molar-refractivity contribution in [2.45, 2.75) is 13.8 Å². The maximum absolute atomic E-state index is 10.8. The minimum absolute atomic E-state index is 0.550. The van der Waals surface area contributed by atoms with Crippen molar-refractivity contribution in [1.82, 2.24) is 5.48 Å².